The quantitative estimate of drug-likeness (QED) is 0.199. The van der Waals surface area contributed by atoms with Crippen molar-refractivity contribution in [2.75, 3.05) is 0 Å². The number of carbonyl (C=O) groups excluding carboxylic acids is 1. The Bertz CT molecular complexity index is 198. The molecule has 0 heterocycles. The Hall–Kier alpha value is 0.144. The molecule has 0 saturated carbocycles. The summed E-state index contributed by atoms with van der Waals surface area (Å²) in [5.74, 6) is -0.511. The van der Waals surface area contributed by atoms with Gasteiger partial charge in [0.25, 0.3) is 0 Å². The van der Waals surface area contributed by atoms with Gasteiger partial charge in [0.15, 0.2) is 0 Å². The van der Waals surface area contributed by atoms with Gasteiger partial charge in [0.2, 0.25) is 0 Å². The Morgan fingerprint density at radius 1 is 0.750 bits per heavy atom. The van der Waals surface area contributed by atoms with Crippen molar-refractivity contribution in [3.63, 3.8) is 0 Å². The molecule has 0 fully saturated rings. The monoisotopic (exact) mass is 320 g/mol. The van der Waals surface area contributed by atoms with Gasteiger partial charge in [-0.1, -0.05) is 84.0 Å². The van der Waals surface area contributed by atoms with Crippen molar-refractivity contribution in [2.45, 2.75) is 96.8 Å². The van der Waals surface area contributed by atoms with Gasteiger partial charge in [-0.25, -0.2) is 4.79 Å². The largest absolute Gasteiger partial charge is 0.342 e. The van der Waals surface area contributed by atoms with Crippen molar-refractivity contribution in [3.05, 3.63) is 0 Å². The van der Waals surface area contributed by atoms with Gasteiger partial charge in [0, 0.05) is 28.1 Å². The van der Waals surface area contributed by atoms with Crippen molar-refractivity contribution in [1.82, 2.24) is 0 Å². The third kappa shape index (κ3) is 18.1. The van der Waals surface area contributed by atoms with Gasteiger partial charge in [-0.3, -0.25) is 0 Å². The maximum absolute atomic E-state index is 10.6. The molecular formula is C16H32O3Ti. The van der Waals surface area contributed by atoms with Gasteiger partial charge in [0.05, 0.1) is 0 Å². The zero-order valence-corrected chi connectivity index (χ0v) is 14.7. The summed E-state index contributed by atoms with van der Waals surface area (Å²) in [7, 11) is 0. The van der Waals surface area contributed by atoms with Gasteiger partial charge >= 0.3 is 5.97 Å². The van der Waals surface area contributed by atoms with Crippen molar-refractivity contribution in [2.24, 2.45) is 0 Å². The van der Waals surface area contributed by atoms with Crippen LogP contribution in [-0.2, 0) is 31.4 Å². The molecule has 0 aromatic carbocycles. The second-order valence-electron chi connectivity index (χ2n) is 5.46. The van der Waals surface area contributed by atoms with Crippen LogP contribution in [0.2, 0.25) is 0 Å². The zero-order chi connectivity index (χ0) is 14.2. The Labute approximate surface area is 139 Å². The van der Waals surface area contributed by atoms with Crippen molar-refractivity contribution in [3.8, 4) is 0 Å². The standard InChI is InChI=1S/C16H32O3.Ti/c1-2-3-4-5-6-7-8-9-10-11-12-13-14-15-16(17)19-18;/h18H,2-15H2,1H3;. The molecule has 0 aromatic heterocycles. The average molecular weight is 320 g/mol. The number of hydrogen-bond donors (Lipinski definition) is 1. The molecule has 0 saturated heterocycles. The van der Waals surface area contributed by atoms with Crippen LogP contribution >= 0.6 is 0 Å². The van der Waals surface area contributed by atoms with Crippen LogP contribution in [0.15, 0.2) is 0 Å². The summed E-state index contributed by atoms with van der Waals surface area (Å²) in [5, 5.41) is 8.08. The first kappa shape index (κ1) is 22.4. The van der Waals surface area contributed by atoms with Crippen LogP contribution in [0, 0.1) is 0 Å². The Balaban J connectivity index is 0. The molecule has 1 N–H and O–H groups in total. The first-order valence-corrected chi connectivity index (χ1v) is 8.15. The summed E-state index contributed by atoms with van der Waals surface area (Å²) in [4.78, 5) is 14.3. The number of hydrogen-bond acceptors (Lipinski definition) is 3. The van der Waals surface area contributed by atoms with Crippen molar-refractivity contribution in [1.29, 1.82) is 0 Å². The van der Waals surface area contributed by atoms with Crippen molar-refractivity contribution >= 4 is 5.97 Å². The van der Waals surface area contributed by atoms with Gasteiger partial charge < -0.3 is 4.89 Å². The fraction of sp³-hybridized carbons (Fsp3) is 0.938. The van der Waals surface area contributed by atoms with Gasteiger partial charge in [-0.05, 0) is 6.42 Å². The van der Waals surface area contributed by atoms with E-state index in [1.54, 1.807) is 0 Å². The predicted octanol–water partition coefficient (Wildman–Crippen LogP) is 5.48. The van der Waals surface area contributed by atoms with E-state index in [0.29, 0.717) is 6.42 Å². The maximum atomic E-state index is 10.6. The molecule has 0 bridgehead atoms. The topological polar surface area (TPSA) is 46.5 Å². The zero-order valence-electron chi connectivity index (χ0n) is 13.2. The first-order chi connectivity index (χ1) is 9.31. The smallest absolute Gasteiger partial charge is 0.301 e. The molecule has 0 aliphatic carbocycles. The summed E-state index contributed by atoms with van der Waals surface area (Å²) in [6, 6.07) is 0. The molecule has 20 heavy (non-hydrogen) atoms. The molecule has 3 nitrogen and oxygen atoms in total. The summed E-state index contributed by atoms with van der Waals surface area (Å²) in [6.45, 7) is 2.26. The van der Waals surface area contributed by atoms with E-state index in [1.807, 2.05) is 0 Å². The van der Waals surface area contributed by atoms with E-state index < -0.39 is 5.97 Å². The molecule has 0 radical (unpaired) electrons. The molecule has 0 aromatic rings. The molecule has 0 rings (SSSR count). The molecule has 0 amide bonds. The predicted molar refractivity (Wildman–Crippen MR) is 79.0 cm³/mol. The summed E-state index contributed by atoms with van der Waals surface area (Å²) in [5.41, 5.74) is 0. The van der Waals surface area contributed by atoms with E-state index in [0.717, 1.165) is 12.8 Å². The Morgan fingerprint density at radius 3 is 1.45 bits per heavy atom. The molecule has 0 spiro atoms. The molecule has 0 aliphatic heterocycles. The summed E-state index contributed by atoms with van der Waals surface area (Å²) in [6.07, 6.45) is 17.1. The number of carbonyl (C=O) groups is 1. The second-order valence-corrected chi connectivity index (χ2v) is 5.46. The van der Waals surface area contributed by atoms with Crippen molar-refractivity contribution < 1.29 is 36.7 Å². The number of rotatable bonds is 14. The second kappa shape index (κ2) is 19.1. The fourth-order valence-electron chi connectivity index (χ4n) is 2.33. The minimum atomic E-state index is -0.511. The molecular weight excluding hydrogens is 288 g/mol. The van der Waals surface area contributed by atoms with Crippen LogP contribution < -0.4 is 0 Å². The van der Waals surface area contributed by atoms with E-state index >= 15 is 0 Å². The van der Waals surface area contributed by atoms with E-state index in [2.05, 4.69) is 11.8 Å². The van der Waals surface area contributed by atoms with Crippen LogP contribution in [0.3, 0.4) is 0 Å². The van der Waals surface area contributed by atoms with E-state index in [-0.39, 0.29) is 21.7 Å². The van der Waals surface area contributed by atoms with Gasteiger partial charge in [0.1, 0.15) is 0 Å². The van der Waals surface area contributed by atoms with E-state index in [9.17, 15) is 4.79 Å². The summed E-state index contributed by atoms with van der Waals surface area (Å²) >= 11 is 0. The van der Waals surface area contributed by atoms with E-state index in [1.165, 1.54) is 70.6 Å². The summed E-state index contributed by atoms with van der Waals surface area (Å²) < 4.78 is 0. The Morgan fingerprint density at radius 2 is 1.10 bits per heavy atom. The first-order valence-electron chi connectivity index (χ1n) is 8.15. The fourth-order valence-corrected chi connectivity index (χ4v) is 2.33. The molecule has 118 valence electrons. The molecule has 4 heteroatoms. The maximum Gasteiger partial charge on any atom is 0.342 e. The third-order valence-corrected chi connectivity index (χ3v) is 3.59. The number of unbranched alkanes of at least 4 members (excludes halogenated alkanes) is 12. The van der Waals surface area contributed by atoms with E-state index in [4.69, 9.17) is 5.26 Å². The van der Waals surface area contributed by atoms with Gasteiger partial charge in [-0.2, -0.15) is 5.26 Å². The SMILES string of the molecule is CCCCCCCCCCCCCCCC(=O)OO.[Ti]. The Kier molecular flexibility index (Phi) is 21.5. The van der Waals surface area contributed by atoms with Crippen LogP contribution in [0.5, 0.6) is 0 Å². The minimum absolute atomic E-state index is 0. The van der Waals surface area contributed by atoms with Crippen LogP contribution in [0.25, 0.3) is 0 Å². The molecule has 0 atom stereocenters. The normalized spacial score (nSPS) is 10.1. The van der Waals surface area contributed by atoms with Crippen LogP contribution in [0.1, 0.15) is 96.8 Å². The van der Waals surface area contributed by atoms with Crippen LogP contribution in [-0.4, -0.2) is 11.2 Å². The average Bonchev–Trinajstić information content (AvgIpc) is 2.43. The minimum Gasteiger partial charge on any atom is -0.301 e. The molecule has 0 unspecified atom stereocenters. The van der Waals surface area contributed by atoms with Crippen LogP contribution in [0.4, 0.5) is 0 Å². The van der Waals surface area contributed by atoms with Gasteiger partial charge in [-0.15, -0.1) is 0 Å². The third-order valence-electron chi connectivity index (χ3n) is 3.59. The molecule has 0 aliphatic rings.